The first kappa shape index (κ1) is 17.4. The van der Waals surface area contributed by atoms with Crippen molar-refractivity contribution in [3.63, 3.8) is 0 Å². The van der Waals surface area contributed by atoms with E-state index < -0.39 is 48.3 Å². The van der Waals surface area contributed by atoms with Gasteiger partial charge < -0.3 is 30.6 Å². The minimum absolute atomic E-state index is 0.709. The molecule has 0 spiro atoms. The summed E-state index contributed by atoms with van der Waals surface area (Å²) in [4.78, 5) is 11.7. The Morgan fingerprint density at radius 3 is 1.72 bits per heavy atom. The molecule has 0 unspecified atom stereocenters. The second kappa shape index (κ2) is 6.55. The van der Waals surface area contributed by atoms with Crippen LogP contribution < -0.4 is 0 Å². The molecule has 0 heterocycles. The van der Waals surface area contributed by atoms with Gasteiger partial charge in [0, 0.05) is 5.41 Å². The van der Waals surface area contributed by atoms with E-state index in [1.165, 1.54) is 20.8 Å². The van der Waals surface area contributed by atoms with Crippen LogP contribution in [0, 0.1) is 5.41 Å². The van der Waals surface area contributed by atoms with E-state index in [-0.39, 0.29) is 0 Å². The van der Waals surface area contributed by atoms with Crippen LogP contribution >= 0.6 is 0 Å². The van der Waals surface area contributed by atoms with E-state index in [1.54, 1.807) is 0 Å². The molecule has 0 amide bonds. The molecule has 7 heteroatoms. The Morgan fingerprint density at radius 1 is 0.944 bits per heavy atom. The van der Waals surface area contributed by atoms with Crippen LogP contribution in [0.2, 0.25) is 0 Å². The van der Waals surface area contributed by atoms with Gasteiger partial charge in [-0.05, 0) is 0 Å². The van der Waals surface area contributed by atoms with Crippen molar-refractivity contribution in [1.29, 1.82) is 0 Å². The molecule has 0 fully saturated rings. The Balaban J connectivity index is 4.74. The van der Waals surface area contributed by atoms with Gasteiger partial charge in [0.05, 0.1) is 6.61 Å². The van der Waals surface area contributed by atoms with Crippen molar-refractivity contribution in [3.8, 4) is 0 Å². The maximum Gasteiger partial charge on any atom is 0.169 e. The van der Waals surface area contributed by atoms with Crippen molar-refractivity contribution in [2.45, 2.75) is 51.3 Å². The van der Waals surface area contributed by atoms with Crippen molar-refractivity contribution in [1.82, 2.24) is 0 Å². The van der Waals surface area contributed by atoms with Gasteiger partial charge in [0.2, 0.25) is 0 Å². The standard InChI is InChI=1S/C11H22O7/c1-11(2,3)10(18)9(17)8(16)7(15)6(14)5(13)4-12/h5-9,12-17H,4H2,1-3H3/t5-,6-,7+,8-,9-/m1/s1. The lowest BCUT2D eigenvalue weighted by Crippen LogP contribution is -2.53. The molecule has 5 atom stereocenters. The number of rotatable bonds is 6. The van der Waals surface area contributed by atoms with Gasteiger partial charge in [-0.15, -0.1) is 0 Å². The van der Waals surface area contributed by atoms with E-state index in [2.05, 4.69) is 0 Å². The Labute approximate surface area is 105 Å². The molecular formula is C11H22O7. The number of hydrogen-bond acceptors (Lipinski definition) is 7. The summed E-state index contributed by atoms with van der Waals surface area (Å²) in [6.45, 7) is 3.75. The summed E-state index contributed by atoms with van der Waals surface area (Å²) in [6.07, 6.45) is -9.33. The molecule has 0 aromatic carbocycles. The number of ketones is 1. The topological polar surface area (TPSA) is 138 Å². The highest BCUT2D eigenvalue weighted by Crippen LogP contribution is 2.20. The molecule has 0 aliphatic heterocycles. The summed E-state index contributed by atoms with van der Waals surface area (Å²) in [5, 5.41) is 55.6. The van der Waals surface area contributed by atoms with Crippen LogP contribution in [0.15, 0.2) is 0 Å². The fraction of sp³-hybridized carbons (Fsp3) is 0.909. The Bertz CT molecular complexity index is 273. The molecule has 0 aliphatic carbocycles. The van der Waals surface area contributed by atoms with E-state index in [0.29, 0.717) is 0 Å². The molecule has 7 nitrogen and oxygen atoms in total. The molecule has 0 aromatic rings. The fourth-order valence-corrected chi connectivity index (χ4v) is 1.32. The van der Waals surface area contributed by atoms with E-state index in [1.807, 2.05) is 0 Å². The minimum atomic E-state index is -1.95. The highest BCUT2D eigenvalue weighted by Gasteiger charge is 2.40. The molecule has 18 heavy (non-hydrogen) atoms. The maximum absolute atomic E-state index is 11.7. The van der Waals surface area contributed by atoms with Gasteiger partial charge in [-0.25, -0.2) is 0 Å². The zero-order valence-electron chi connectivity index (χ0n) is 10.7. The van der Waals surface area contributed by atoms with Crippen LogP contribution in [0.1, 0.15) is 20.8 Å². The van der Waals surface area contributed by atoms with Crippen molar-refractivity contribution in [2.24, 2.45) is 5.41 Å². The molecule has 0 aliphatic rings. The summed E-state index contributed by atoms with van der Waals surface area (Å²) in [5.74, 6) is -0.709. The van der Waals surface area contributed by atoms with Crippen LogP contribution in [0.25, 0.3) is 0 Å². The third kappa shape index (κ3) is 4.27. The van der Waals surface area contributed by atoms with Crippen molar-refractivity contribution in [3.05, 3.63) is 0 Å². The summed E-state index contributed by atoms with van der Waals surface area (Å²) in [6, 6.07) is 0. The Morgan fingerprint density at radius 2 is 1.39 bits per heavy atom. The highest BCUT2D eigenvalue weighted by molar-refractivity contribution is 5.88. The summed E-state index contributed by atoms with van der Waals surface area (Å²) in [7, 11) is 0. The largest absolute Gasteiger partial charge is 0.394 e. The minimum Gasteiger partial charge on any atom is -0.394 e. The lowest BCUT2D eigenvalue weighted by atomic mass is 9.84. The van der Waals surface area contributed by atoms with E-state index in [0.717, 1.165) is 0 Å². The molecule has 0 bridgehead atoms. The van der Waals surface area contributed by atoms with Gasteiger partial charge in [0.1, 0.15) is 30.5 Å². The average Bonchev–Trinajstić information content (AvgIpc) is 2.31. The van der Waals surface area contributed by atoms with Gasteiger partial charge in [0.15, 0.2) is 5.78 Å². The predicted octanol–water partition coefficient (Wildman–Crippen LogP) is -2.60. The Kier molecular flexibility index (Phi) is 6.35. The molecule has 0 saturated carbocycles. The quantitative estimate of drug-likeness (QED) is 0.310. The van der Waals surface area contributed by atoms with Crippen molar-refractivity contribution < 1.29 is 35.4 Å². The first-order chi connectivity index (χ1) is 8.03. The van der Waals surface area contributed by atoms with Gasteiger partial charge in [-0.2, -0.15) is 0 Å². The molecule has 108 valence electrons. The number of aliphatic hydroxyl groups is 6. The first-order valence-corrected chi connectivity index (χ1v) is 5.59. The van der Waals surface area contributed by atoms with Crippen LogP contribution in [0.3, 0.4) is 0 Å². The molecular weight excluding hydrogens is 244 g/mol. The van der Waals surface area contributed by atoms with Gasteiger partial charge in [0.25, 0.3) is 0 Å². The zero-order chi connectivity index (χ0) is 14.7. The number of aliphatic hydroxyl groups excluding tert-OH is 6. The molecule has 0 aromatic heterocycles. The third-order valence-electron chi connectivity index (χ3n) is 2.61. The van der Waals surface area contributed by atoms with E-state index >= 15 is 0 Å². The SMILES string of the molecule is CC(C)(C)C(=O)[C@H](O)[C@H](O)[C@@H](O)[C@H](O)[C@H](O)CO. The lowest BCUT2D eigenvalue weighted by Gasteiger charge is -2.30. The molecule has 0 rings (SSSR count). The molecule has 0 saturated heterocycles. The monoisotopic (exact) mass is 266 g/mol. The molecule has 0 radical (unpaired) electrons. The second-order valence-electron chi connectivity index (χ2n) is 5.28. The van der Waals surface area contributed by atoms with Crippen molar-refractivity contribution >= 4 is 5.78 Å². The van der Waals surface area contributed by atoms with Crippen LogP contribution in [-0.2, 0) is 4.79 Å². The first-order valence-electron chi connectivity index (χ1n) is 5.59. The Hall–Kier alpha value is -0.570. The second-order valence-corrected chi connectivity index (χ2v) is 5.28. The fourth-order valence-electron chi connectivity index (χ4n) is 1.32. The van der Waals surface area contributed by atoms with Crippen LogP contribution in [-0.4, -0.2) is 73.5 Å². The number of hydrogen-bond donors (Lipinski definition) is 6. The van der Waals surface area contributed by atoms with E-state index in [9.17, 15) is 25.2 Å². The summed E-state index contributed by atoms with van der Waals surface area (Å²) >= 11 is 0. The lowest BCUT2D eigenvalue weighted by molar-refractivity contribution is -0.160. The van der Waals surface area contributed by atoms with Gasteiger partial charge in [-0.1, -0.05) is 20.8 Å². The molecule has 6 N–H and O–H groups in total. The van der Waals surface area contributed by atoms with Crippen molar-refractivity contribution in [2.75, 3.05) is 6.61 Å². The van der Waals surface area contributed by atoms with E-state index in [4.69, 9.17) is 10.2 Å². The smallest absolute Gasteiger partial charge is 0.169 e. The van der Waals surface area contributed by atoms with Crippen LogP contribution in [0.4, 0.5) is 0 Å². The van der Waals surface area contributed by atoms with Gasteiger partial charge in [-0.3, -0.25) is 4.79 Å². The van der Waals surface area contributed by atoms with Crippen LogP contribution in [0.5, 0.6) is 0 Å². The number of Topliss-reactive ketones (excluding diaryl/α,β-unsaturated/α-hetero) is 1. The van der Waals surface area contributed by atoms with Gasteiger partial charge >= 0.3 is 0 Å². The number of carbonyl (C=O) groups is 1. The normalized spacial score (nSPS) is 20.9. The summed E-state index contributed by atoms with van der Waals surface area (Å²) < 4.78 is 0. The average molecular weight is 266 g/mol. The maximum atomic E-state index is 11.7. The third-order valence-corrected chi connectivity index (χ3v) is 2.61. The number of carbonyl (C=O) groups excluding carboxylic acids is 1. The highest BCUT2D eigenvalue weighted by atomic mass is 16.4. The summed E-state index contributed by atoms with van der Waals surface area (Å²) in [5.41, 5.74) is -0.930. The zero-order valence-corrected chi connectivity index (χ0v) is 10.7. The predicted molar refractivity (Wildman–Crippen MR) is 61.6 cm³/mol.